The summed E-state index contributed by atoms with van der Waals surface area (Å²) in [5.74, 6) is -2.90. The number of aliphatic imine (C=N–C) groups is 1. The maximum absolute atomic E-state index is 14.8. The van der Waals surface area contributed by atoms with Gasteiger partial charge in [0, 0.05) is 12.7 Å². The largest absolute Gasteiger partial charge is 0.483 e. The third-order valence-corrected chi connectivity index (χ3v) is 7.72. The fourth-order valence-electron chi connectivity index (χ4n) is 3.40. The molecule has 0 aromatic carbocycles. The zero-order valence-corrected chi connectivity index (χ0v) is 20.6. The molecule has 17 heteroatoms. The molecule has 0 unspecified atom stereocenters. The molecule has 0 saturated carbocycles. The number of pyridine rings is 2. The van der Waals surface area contributed by atoms with Gasteiger partial charge in [0.05, 0.1) is 18.4 Å². The minimum absolute atomic E-state index is 0.0123. The van der Waals surface area contributed by atoms with Crippen molar-refractivity contribution in [1.29, 1.82) is 0 Å². The molecule has 1 aliphatic heterocycles. The summed E-state index contributed by atoms with van der Waals surface area (Å²) in [5.41, 5.74) is 3.44. The van der Waals surface area contributed by atoms with Crippen LogP contribution in [0.15, 0.2) is 39.8 Å². The van der Waals surface area contributed by atoms with E-state index in [9.17, 15) is 39.7 Å². The predicted octanol–water partition coefficient (Wildman–Crippen LogP) is 3.40. The number of hydrogen-bond donors (Lipinski definition) is 1. The fraction of sp³-hybridized carbons (Fsp3) is 0.429. The van der Waals surface area contributed by atoms with E-state index in [1.807, 2.05) is 0 Å². The zero-order valence-electron chi connectivity index (χ0n) is 19.8. The van der Waals surface area contributed by atoms with Gasteiger partial charge in [-0.15, -0.1) is 0 Å². The minimum Gasteiger partial charge on any atom is -0.483 e. The van der Waals surface area contributed by atoms with Crippen molar-refractivity contribution in [2.45, 2.75) is 31.2 Å². The minimum atomic E-state index is -4.74. The second-order valence-corrected chi connectivity index (χ2v) is 10.7. The Labute approximate surface area is 212 Å². The number of hydrogen-bond acceptors (Lipinski definition) is 8. The lowest BCUT2D eigenvalue weighted by Crippen LogP contribution is -2.51. The van der Waals surface area contributed by atoms with Crippen LogP contribution in [0.5, 0.6) is 5.75 Å². The van der Waals surface area contributed by atoms with Crippen LogP contribution in [0, 0.1) is 5.82 Å². The maximum Gasteiger partial charge on any atom is 0.422 e. The summed E-state index contributed by atoms with van der Waals surface area (Å²) in [5, 5.41) is 0. The van der Waals surface area contributed by atoms with Crippen LogP contribution in [-0.4, -0.2) is 68.5 Å². The first-order valence-corrected chi connectivity index (χ1v) is 12.3. The molecule has 1 aliphatic rings. The molecule has 2 N–H and O–H groups in total. The van der Waals surface area contributed by atoms with Crippen molar-refractivity contribution in [3.8, 4) is 5.75 Å². The Balaban J connectivity index is 1.86. The zero-order chi connectivity index (χ0) is 28.5. The quantitative estimate of drug-likeness (QED) is 0.402. The molecule has 0 radical (unpaired) electrons. The summed E-state index contributed by atoms with van der Waals surface area (Å²) < 4.78 is 112. The molecule has 2 aromatic heterocycles. The van der Waals surface area contributed by atoms with Crippen LogP contribution < -0.4 is 10.5 Å². The summed E-state index contributed by atoms with van der Waals surface area (Å²) in [7, 11) is -2.66. The third kappa shape index (κ3) is 7.08. The van der Waals surface area contributed by atoms with E-state index in [-0.39, 0.29) is 17.1 Å². The molecular formula is C21H21F7N6O3S. The Morgan fingerprint density at radius 2 is 1.87 bits per heavy atom. The Bertz CT molecular complexity index is 1350. The van der Waals surface area contributed by atoms with Gasteiger partial charge in [0.15, 0.2) is 12.4 Å². The van der Waals surface area contributed by atoms with Crippen molar-refractivity contribution < 1.29 is 44.5 Å². The van der Waals surface area contributed by atoms with E-state index < -0.39 is 76.4 Å². The number of halogens is 7. The molecule has 208 valence electrons. The van der Waals surface area contributed by atoms with Crippen molar-refractivity contribution in [3.05, 3.63) is 53.4 Å². The van der Waals surface area contributed by atoms with Crippen molar-refractivity contribution >= 4 is 21.7 Å². The second-order valence-electron chi connectivity index (χ2n) is 8.41. The van der Waals surface area contributed by atoms with Gasteiger partial charge in [0.2, 0.25) is 5.96 Å². The van der Waals surface area contributed by atoms with Crippen LogP contribution in [0.3, 0.4) is 0 Å². The van der Waals surface area contributed by atoms with Crippen LogP contribution in [0.4, 0.5) is 30.7 Å². The summed E-state index contributed by atoms with van der Waals surface area (Å²) >= 11 is 0. The molecule has 3 heterocycles. The number of carbonyl (C=O) groups excluding carboxylic acids is 1. The highest BCUT2D eigenvalue weighted by Gasteiger charge is 2.42. The molecule has 9 nitrogen and oxygen atoms in total. The number of carbonyl (C=O) groups is 1. The molecule has 0 aliphatic carbocycles. The summed E-state index contributed by atoms with van der Waals surface area (Å²) in [6.07, 6.45) is -8.79. The monoisotopic (exact) mass is 570 g/mol. The van der Waals surface area contributed by atoms with Gasteiger partial charge >= 0.3 is 12.4 Å². The molecule has 0 amide bonds. The second kappa shape index (κ2) is 10.3. The van der Waals surface area contributed by atoms with Crippen LogP contribution in [0.25, 0.3) is 0 Å². The number of Topliss-reactive ketones (excluding diaryl/α,β-unsaturated/α-hetero) is 1. The number of ketones is 1. The Morgan fingerprint density at radius 1 is 1.18 bits per heavy atom. The molecule has 0 fully saturated rings. The van der Waals surface area contributed by atoms with Gasteiger partial charge in [0.1, 0.15) is 45.0 Å². The molecule has 2 atom stereocenters. The van der Waals surface area contributed by atoms with Gasteiger partial charge in [-0.25, -0.2) is 22.9 Å². The SMILES string of the molecule is CN1C(N)=N[C@](C)(c2nc(CC(=O)c3ccc(OCC(F)(F)F)cn3)ccc2F)C[S@@]1(=O)=NCC(F)(F)F. The van der Waals surface area contributed by atoms with Gasteiger partial charge < -0.3 is 10.5 Å². The topological polar surface area (TPSA) is 123 Å². The van der Waals surface area contributed by atoms with Crippen LogP contribution in [0.2, 0.25) is 0 Å². The lowest BCUT2D eigenvalue weighted by Gasteiger charge is -2.36. The summed E-state index contributed by atoms with van der Waals surface area (Å²) in [6, 6.07) is 4.39. The smallest absolute Gasteiger partial charge is 0.422 e. The average molecular weight is 570 g/mol. The first kappa shape index (κ1) is 29.1. The first-order chi connectivity index (χ1) is 17.4. The van der Waals surface area contributed by atoms with Gasteiger partial charge in [-0.3, -0.25) is 14.1 Å². The molecule has 0 spiro atoms. The molecule has 38 heavy (non-hydrogen) atoms. The van der Waals surface area contributed by atoms with Crippen LogP contribution in [-0.2, 0) is 21.9 Å². The molecule has 3 rings (SSSR count). The number of aromatic nitrogens is 2. The number of nitrogens with two attached hydrogens (primary N) is 1. The van der Waals surface area contributed by atoms with Gasteiger partial charge in [-0.1, -0.05) is 0 Å². The van der Waals surface area contributed by atoms with Gasteiger partial charge in [0.25, 0.3) is 0 Å². The molecule has 2 aromatic rings. The normalized spacial score (nSPS) is 22.1. The lowest BCUT2D eigenvalue weighted by molar-refractivity contribution is -0.153. The summed E-state index contributed by atoms with van der Waals surface area (Å²) in [4.78, 5) is 24.6. The molecular weight excluding hydrogens is 549 g/mol. The first-order valence-electron chi connectivity index (χ1n) is 10.6. The van der Waals surface area contributed by atoms with Gasteiger partial charge in [-0.2, -0.15) is 26.3 Å². The molecule has 0 bridgehead atoms. The number of ether oxygens (including phenoxy) is 1. The highest BCUT2D eigenvalue weighted by atomic mass is 32.2. The van der Waals surface area contributed by atoms with Crippen molar-refractivity contribution in [2.24, 2.45) is 15.1 Å². The standard InChI is InChI=1S/C21H21F7N6O3S/c1-19(11-38(36,31-9-20(23,24)25)34(2)18(29)33-19)17-14(22)5-3-12(32-17)7-16(35)15-6-4-13(8-30-15)37-10-21(26,27)28/h3-6,8H,7,9-11H2,1-2H3,(H2,29,33)/t19-,38+/m0/s1. The number of guanidine groups is 1. The van der Waals surface area contributed by atoms with Crippen LogP contribution in [0.1, 0.15) is 28.8 Å². The average Bonchev–Trinajstić information content (AvgIpc) is 2.80. The Kier molecular flexibility index (Phi) is 7.91. The number of alkyl halides is 6. The van der Waals surface area contributed by atoms with E-state index in [1.165, 1.54) is 13.0 Å². The maximum atomic E-state index is 14.8. The van der Waals surface area contributed by atoms with E-state index >= 15 is 0 Å². The third-order valence-electron chi connectivity index (χ3n) is 5.21. The number of nitrogens with zero attached hydrogens (tertiary/aromatic N) is 5. The predicted molar refractivity (Wildman–Crippen MR) is 121 cm³/mol. The van der Waals surface area contributed by atoms with E-state index in [0.29, 0.717) is 0 Å². The van der Waals surface area contributed by atoms with Crippen molar-refractivity contribution in [1.82, 2.24) is 14.3 Å². The Morgan fingerprint density at radius 3 is 2.45 bits per heavy atom. The summed E-state index contributed by atoms with van der Waals surface area (Å²) in [6.45, 7) is -1.99. The van der Waals surface area contributed by atoms with E-state index in [0.717, 1.165) is 35.7 Å². The van der Waals surface area contributed by atoms with E-state index in [1.54, 1.807) is 0 Å². The van der Waals surface area contributed by atoms with Crippen LogP contribution >= 0.6 is 0 Å². The highest BCUT2D eigenvalue weighted by molar-refractivity contribution is 7.92. The number of rotatable bonds is 7. The van der Waals surface area contributed by atoms with E-state index in [4.69, 9.17) is 5.73 Å². The van der Waals surface area contributed by atoms with Crippen molar-refractivity contribution in [3.63, 3.8) is 0 Å². The Hall–Kier alpha value is -3.50. The highest BCUT2D eigenvalue weighted by Crippen LogP contribution is 2.34. The van der Waals surface area contributed by atoms with Crippen molar-refractivity contribution in [2.75, 3.05) is 26.0 Å². The van der Waals surface area contributed by atoms with Gasteiger partial charge in [-0.05, 0) is 31.2 Å². The molecule has 0 saturated heterocycles. The fourth-order valence-corrected chi connectivity index (χ4v) is 5.47. The van der Waals surface area contributed by atoms with E-state index in [2.05, 4.69) is 24.1 Å². The lowest BCUT2D eigenvalue weighted by atomic mass is 9.99.